The number of aryl methyl sites for hydroxylation is 1. The maximum Gasteiger partial charge on any atom is 0.316 e. The second-order valence-corrected chi connectivity index (χ2v) is 10.4. The number of pyridine rings is 1. The lowest BCUT2D eigenvalue weighted by molar-refractivity contribution is -0.146. The number of aromatic nitrogens is 2. The number of carbonyl (C=O) groups is 1. The van der Waals surface area contributed by atoms with Gasteiger partial charge in [0.1, 0.15) is 11.4 Å². The molecule has 6 rings (SSSR count). The molecule has 6 nitrogen and oxygen atoms in total. The number of rotatable bonds is 8. The molecule has 0 unspecified atom stereocenters. The lowest BCUT2D eigenvalue weighted by atomic mass is 9.93. The molecule has 2 heterocycles. The Bertz CT molecular complexity index is 1670. The number of ether oxygens (including phenoxy) is 1. The van der Waals surface area contributed by atoms with Gasteiger partial charge in [0, 0.05) is 27.9 Å². The summed E-state index contributed by atoms with van der Waals surface area (Å²) in [6.07, 6.45) is 5.23. The Morgan fingerprint density at radius 2 is 1.62 bits per heavy atom. The van der Waals surface area contributed by atoms with Gasteiger partial charge in [-0.25, -0.2) is 0 Å². The molecule has 3 aromatic carbocycles. The quantitative estimate of drug-likeness (QED) is 0.196. The predicted octanol–water partition coefficient (Wildman–Crippen LogP) is 8.37. The summed E-state index contributed by atoms with van der Waals surface area (Å²) in [6, 6.07) is 26.1. The third kappa shape index (κ3) is 4.87. The molecular formula is C33H28ClN3O3. The third-order valence-corrected chi connectivity index (χ3v) is 7.72. The van der Waals surface area contributed by atoms with Crippen molar-refractivity contribution in [3.05, 3.63) is 108 Å². The van der Waals surface area contributed by atoms with Crippen LogP contribution in [0.1, 0.15) is 31.0 Å². The van der Waals surface area contributed by atoms with Crippen molar-refractivity contribution in [2.24, 2.45) is 0 Å². The van der Waals surface area contributed by atoms with Crippen LogP contribution in [0, 0.1) is 6.92 Å². The molecule has 1 aliphatic rings. The van der Waals surface area contributed by atoms with Crippen molar-refractivity contribution in [2.75, 3.05) is 11.9 Å². The van der Waals surface area contributed by atoms with E-state index in [1.54, 1.807) is 12.4 Å². The van der Waals surface area contributed by atoms with Crippen LogP contribution in [0.15, 0.2) is 95.8 Å². The largest absolute Gasteiger partial charge is 0.465 e. The molecule has 200 valence electrons. The smallest absolute Gasteiger partial charge is 0.316 e. The fourth-order valence-corrected chi connectivity index (χ4v) is 5.25. The van der Waals surface area contributed by atoms with E-state index in [-0.39, 0.29) is 5.97 Å². The van der Waals surface area contributed by atoms with Crippen LogP contribution in [0.25, 0.3) is 33.6 Å². The van der Waals surface area contributed by atoms with E-state index >= 15 is 0 Å². The zero-order valence-corrected chi connectivity index (χ0v) is 23.0. The number of esters is 1. The zero-order chi connectivity index (χ0) is 27.7. The molecule has 1 aliphatic carbocycles. The van der Waals surface area contributed by atoms with Crippen molar-refractivity contribution in [3.8, 4) is 33.6 Å². The first-order valence-corrected chi connectivity index (χ1v) is 13.7. The van der Waals surface area contributed by atoms with Crippen molar-refractivity contribution >= 4 is 28.9 Å². The minimum absolute atomic E-state index is 0.120. The Labute approximate surface area is 238 Å². The van der Waals surface area contributed by atoms with Crippen molar-refractivity contribution < 1.29 is 14.1 Å². The number of hydrogen-bond donors (Lipinski definition) is 1. The monoisotopic (exact) mass is 549 g/mol. The first kappa shape index (κ1) is 25.8. The summed E-state index contributed by atoms with van der Waals surface area (Å²) in [5.41, 5.74) is 7.76. The van der Waals surface area contributed by atoms with Crippen LogP contribution < -0.4 is 5.32 Å². The summed E-state index contributed by atoms with van der Waals surface area (Å²) in [5.74, 6) is 0.526. The molecule has 5 aromatic rings. The van der Waals surface area contributed by atoms with Gasteiger partial charge in [-0.3, -0.25) is 9.78 Å². The minimum Gasteiger partial charge on any atom is -0.465 e. The first-order chi connectivity index (χ1) is 19.5. The number of halogens is 1. The van der Waals surface area contributed by atoms with E-state index in [1.807, 2.05) is 68.4 Å². The van der Waals surface area contributed by atoms with Crippen LogP contribution in [-0.4, -0.2) is 22.7 Å². The van der Waals surface area contributed by atoms with E-state index < -0.39 is 5.41 Å². The average molecular weight is 550 g/mol. The standard InChI is InChI=1S/C33H28ClN3O3/c1-3-39-32(38)33(16-17-33)26-14-12-23(13-15-26)22-8-10-24(11-9-22)31-30(21(2)37-40-31)36-27-18-25(19-35-20-27)28-6-4-5-7-29(28)34/h4-15,18-20,36H,3,16-17H2,1-2H3. The maximum absolute atomic E-state index is 12.4. The summed E-state index contributed by atoms with van der Waals surface area (Å²) in [4.78, 5) is 16.9. The van der Waals surface area contributed by atoms with E-state index in [0.717, 1.165) is 63.3 Å². The highest BCUT2D eigenvalue weighted by molar-refractivity contribution is 6.33. The topological polar surface area (TPSA) is 77.2 Å². The molecule has 0 saturated heterocycles. The Hall–Kier alpha value is -4.42. The highest BCUT2D eigenvalue weighted by Crippen LogP contribution is 2.49. The second kappa shape index (κ2) is 10.6. The highest BCUT2D eigenvalue weighted by atomic mass is 35.5. The Balaban J connectivity index is 1.22. The van der Waals surface area contributed by atoms with Crippen LogP contribution in [0.3, 0.4) is 0 Å². The van der Waals surface area contributed by atoms with Gasteiger partial charge in [0.05, 0.1) is 23.9 Å². The van der Waals surface area contributed by atoms with Crippen LogP contribution in [0.4, 0.5) is 11.4 Å². The van der Waals surface area contributed by atoms with Gasteiger partial charge in [-0.05, 0) is 55.5 Å². The summed E-state index contributed by atoms with van der Waals surface area (Å²) in [5, 5.41) is 8.32. The normalized spacial score (nSPS) is 13.6. The van der Waals surface area contributed by atoms with Crippen molar-refractivity contribution in [2.45, 2.75) is 32.1 Å². The molecule has 0 atom stereocenters. The molecule has 0 spiro atoms. The van der Waals surface area contributed by atoms with Gasteiger partial charge in [0.15, 0.2) is 5.76 Å². The first-order valence-electron chi connectivity index (χ1n) is 13.3. The van der Waals surface area contributed by atoms with Crippen molar-refractivity contribution in [1.82, 2.24) is 10.1 Å². The van der Waals surface area contributed by atoms with Gasteiger partial charge in [0.25, 0.3) is 0 Å². The lowest BCUT2D eigenvalue weighted by Crippen LogP contribution is -2.23. The molecule has 40 heavy (non-hydrogen) atoms. The van der Waals surface area contributed by atoms with Crippen molar-refractivity contribution in [1.29, 1.82) is 0 Å². The van der Waals surface area contributed by atoms with E-state index in [1.165, 1.54) is 0 Å². The Morgan fingerprint density at radius 1 is 0.950 bits per heavy atom. The van der Waals surface area contributed by atoms with Crippen molar-refractivity contribution in [3.63, 3.8) is 0 Å². The van der Waals surface area contributed by atoms with Crippen LogP contribution >= 0.6 is 11.6 Å². The third-order valence-electron chi connectivity index (χ3n) is 7.39. The molecule has 0 aliphatic heterocycles. The Morgan fingerprint density at radius 3 is 2.30 bits per heavy atom. The molecule has 7 heteroatoms. The fraction of sp³-hybridized carbons (Fsp3) is 0.182. The molecule has 0 amide bonds. The molecule has 0 radical (unpaired) electrons. The number of nitrogens with zero attached hydrogens (tertiary/aromatic N) is 2. The van der Waals surface area contributed by atoms with Gasteiger partial charge in [-0.2, -0.15) is 0 Å². The molecule has 0 bridgehead atoms. The number of benzene rings is 3. The number of hydrogen-bond acceptors (Lipinski definition) is 6. The van der Waals surface area contributed by atoms with Gasteiger partial charge in [-0.1, -0.05) is 83.5 Å². The number of anilines is 2. The van der Waals surface area contributed by atoms with Gasteiger partial charge >= 0.3 is 5.97 Å². The molecule has 1 saturated carbocycles. The molecule has 1 fully saturated rings. The van der Waals surface area contributed by atoms with Crippen LogP contribution in [0.2, 0.25) is 5.02 Å². The molecular weight excluding hydrogens is 522 g/mol. The zero-order valence-electron chi connectivity index (χ0n) is 22.3. The van der Waals surface area contributed by atoms with Crippen LogP contribution in [-0.2, 0) is 14.9 Å². The predicted molar refractivity (Wildman–Crippen MR) is 158 cm³/mol. The minimum atomic E-state index is -0.464. The van der Waals surface area contributed by atoms with E-state index in [0.29, 0.717) is 17.4 Å². The SMILES string of the molecule is CCOC(=O)C1(c2ccc(-c3ccc(-c4onc(C)c4Nc4cncc(-c5ccccc5Cl)c4)cc3)cc2)CC1. The summed E-state index contributed by atoms with van der Waals surface area (Å²) in [7, 11) is 0. The van der Waals surface area contributed by atoms with Gasteiger partial charge in [-0.15, -0.1) is 0 Å². The van der Waals surface area contributed by atoms with Gasteiger partial charge in [0.2, 0.25) is 0 Å². The second-order valence-electron chi connectivity index (χ2n) is 10.00. The van der Waals surface area contributed by atoms with Gasteiger partial charge < -0.3 is 14.6 Å². The fourth-order valence-electron chi connectivity index (χ4n) is 5.01. The van der Waals surface area contributed by atoms with E-state index in [4.69, 9.17) is 20.9 Å². The average Bonchev–Trinajstić information content (AvgIpc) is 3.72. The molecule has 1 N–H and O–H groups in total. The van der Waals surface area contributed by atoms with E-state index in [9.17, 15) is 4.79 Å². The number of nitrogens with one attached hydrogen (secondary N) is 1. The lowest BCUT2D eigenvalue weighted by Gasteiger charge is -2.14. The number of carbonyl (C=O) groups excluding carboxylic acids is 1. The summed E-state index contributed by atoms with van der Waals surface area (Å²) >= 11 is 6.40. The Kier molecular flexibility index (Phi) is 6.86. The molecule has 2 aromatic heterocycles. The van der Waals surface area contributed by atoms with Crippen LogP contribution in [0.5, 0.6) is 0 Å². The highest BCUT2D eigenvalue weighted by Gasteiger charge is 2.52. The van der Waals surface area contributed by atoms with E-state index in [2.05, 4.69) is 39.7 Å². The maximum atomic E-state index is 12.4. The summed E-state index contributed by atoms with van der Waals surface area (Å²) < 4.78 is 11.0. The summed E-state index contributed by atoms with van der Waals surface area (Å²) in [6.45, 7) is 4.15.